The van der Waals surface area contributed by atoms with Crippen molar-refractivity contribution in [1.29, 1.82) is 0 Å². The van der Waals surface area contributed by atoms with E-state index < -0.39 is 9.84 Å². The van der Waals surface area contributed by atoms with Crippen molar-refractivity contribution in [2.45, 2.75) is 18.1 Å². The first-order valence-electron chi connectivity index (χ1n) is 9.83. The zero-order valence-corrected chi connectivity index (χ0v) is 17.4. The second-order valence-electron chi connectivity index (χ2n) is 7.79. The van der Waals surface area contributed by atoms with Gasteiger partial charge in [-0.05, 0) is 25.0 Å². The molecule has 8 nitrogen and oxygen atoms in total. The Balaban J connectivity index is 1.59. The highest BCUT2D eigenvalue weighted by Crippen LogP contribution is 2.30. The molecule has 0 bridgehead atoms. The Bertz CT molecular complexity index is 1360. The predicted molar refractivity (Wildman–Crippen MR) is 118 cm³/mol. The molecule has 4 aromatic rings. The number of fused-ring (bicyclic) bond motifs is 2. The molecule has 0 saturated carbocycles. The molecule has 0 aliphatic carbocycles. The predicted octanol–water partition coefficient (Wildman–Crippen LogP) is 2.54. The van der Waals surface area contributed by atoms with Crippen molar-refractivity contribution in [3.63, 3.8) is 0 Å². The van der Waals surface area contributed by atoms with Crippen LogP contribution in [-0.4, -0.2) is 52.6 Å². The van der Waals surface area contributed by atoms with E-state index in [0.29, 0.717) is 30.2 Å². The summed E-state index contributed by atoms with van der Waals surface area (Å²) in [7, 11) is -3.11. The van der Waals surface area contributed by atoms with Gasteiger partial charge >= 0.3 is 0 Å². The number of piperidine rings is 1. The molecule has 5 rings (SSSR count). The maximum absolute atomic E-state index is 12.1. The lowest BCUT2D eigenvalue weighted by Crippen LogP contribution is -2.42. The first-order chi connectivity index (χ1) is 14.4. The number of aromatic nitrogens is 4. The lowest BCUT2D eigenvalue weighted by atomic mass is 10.1. The summed E-state index contributed by atoms with van der Waals surface area (Å²) >= 11 is 0. The molecular formula is C21H22N6O2S. The third kappa shape index (κ3) is 3.24. The third-order valence-electron chi connectivity index (χ3n) is 5.69. The number of para-hydroxylation sites is 1. The molecule has 1 fully saturated rings. The summed E-state index contributed by atoms with van der Waals surface area (Å²) in [5.41, 5.74) is 9.55. The van der Waals surface area contributed by atoms with Crippen LogP contribution in [0.1, 0.15) is 12.8 Å². The molecule has 4 heterocycles. The van der Waals surface area contributed by atoms with E-state index in [2.05, 4.69) is 16.1 Å². The highest BCUT2D eigenvalue weighted by molar-refractivity contribution is 7.91. The number of rotatable bonds is 3. The smallest absolute Gasteiger partial charge is 0.167 e. The molecule has 30 heavy (non-hydrogen) atoms. The topological polar surface area (TPSA) is 106 Å². The van der Waals surface area contributed by atoms with E-state index in [-0.39, 0.29) is 5.25 Å². The Labute approximate surface area is 174 Å². The van der Waals surface area contributed by atoms with E-state index >= 15 is 0 Å². The van der Waals surface area contributed by atoms with Gasteiger partial charge in [-0.3, -0.25) is 4.98 Å². The molecule has 0 amide bonds. The van der Waals surface area contributed by atoms with Gasteiger partial charge in [0.25, 0.3) is 0 Å². The molecule has 2 N–H and O–H groups in total. The monoisotopic (exact) mass is 422 g/mol. The van der Waals surface area contributed by atoms with Gasteiger partial charge in [0.1, 0.15) is 11.6 Å². The van der Waals surface area contributed by atoms with Gasteiger partial charge in [0.15, 0.2) is 15.5 Å². The lowest BCUT2D eigenvalue weighted by Gasteiger charge is -2.32. The highest BCUT2D eigenvalue weighted by atomic mass is 32.2. The molecule has 1 atom stereocenters. The van der Waals surface area contributed by atoms with Gasteiger partial charge in [0.2, 0.25) is 0 Å². The quantitative estimate of drug-likeness (QED) is 0.541. The molecule has 1 aliphatic heterocycles. The number of benzene rings is 1. The van der Waals surface area contributed by atoms with Crippen LogP contribution in [0, 0.1) is 0 Å². The first kappa shape index (κ1) is 18.8. The second-order valence-corrected chi connectivity index (χ2v) is 10.1. The molecule has 1 aromatic carbocycles. The van der Waals surface area contributed by atoms with E-state index in [4.69, 9.17) is 10.7 Å². The zero-order valence-electron chi connectivity index (χ0n) is 16.6. The van der Waals surface area contributed by atoms with Crippen molar-refractivity contribution in [3.05, 3.63) is 48.8 Å². The molecule has 1 aliphatic rings. The van der Waals surface area contributed by atoms with Crippen LogP contribution in [0.3, 0.4) is 0 Å². The molecule has 0 spiro atoms. The van der Waals surface area contributed by atoms with E-state index in [0.717, 1.165) is 35.0 Å². The van der Waals surface area contributed by atoms with Crippen molar-refractivity contribution in [3.8, 4) is 11.1 Å². The molecular weight excluding hydrogens is 400 g/mol. The number of pyridine rings is 1. The largest absolute Gasteiger partial charge is 0.383 e. The number of nitrogen functional groups attached to an aromatic ring is 1. The van der Waals surface area contributed by atoms with Crippen LogP contribution in [0.25, 0.3) is 27.7 Å². The minimum atomic E-state index is -3.11. The van der Waals surface area contributed by atoms with Crippen LogP contribution < -0.4 is 10.6 Å². The number of hydrogen-bond donors (Lipinski definition) is 1. The van der Waals surface area contributed by atoms with Crippen molar-refractivity contribution < 1.29 is 8.42 Å². The summed E-state index contributed by atoms with van der Waals surface area (Å²) in [6, 6.07) is 11.7. The molecule has 9 heteroatoms. The van der Waals surface area contributed by atoms with Crippen molar-refractivity contribution in [2.75, 3.05) is 30.0 Å². The van der Waals surface area contributed by atoms with Crippen LogP contribution in [0.2, 0.25) is 0 Å². The molecule has 3 aromatic heterocycles. The van der Waals surface area contributed by atoms with Gasteiger partial charge in [-0.15, -0.1) is 0 Å². The fourth-order valence-corrected chi connectivity index (χ4v) is 5.10. The number of anilines is 2. The Kier molecular flexibility index (Phi) is 4.35. The number of hydrogen-bond acceptors (Lipinski definition) is 7. The van der Waals surface area contributed by atoms with Gasteiger partial charge in [-0.25, -0.2) is 13.4 Å². The maximum atomic E-state index is 12.1. The highest BCUT2D eigenvalue weighted by Gasteiger charge is 2.28. The fraction of sp³-hybridized carbons (Fsp3) is 0.286. The van der Waals surface area contributed by atoms with Crippen LogP contribution in [0.15, 0.2) is 48.8 Å². The first-order valence-corrected chi connectivity index (χ1v) is 11.8. The van der Waals surface area contributed by atoms with E-state index in [9.17, 15) is 8.42 Å². The van der Waals surface area contributed by atoms with Gasteiger partial charge in [-0.1, -0.05) is 18.2 Å². The van der Waals surface area contributed by atoms with E-state index in [1.54, 1.807) is 16.8 Å². The SMILES string of the molecule is CS(=O)(=O)C1CCCN(c2cc(N)n3ncc(-c4cnc5ccccc5c4)c3n2)C1. The Morgan fingerprint density at radius 1 is 1.17 bits per heavy atom. The summed E-state index contributed by atoms with van der Waals surface area (Å²) in [6.07, 6.45) is 6.32. The van der Waals surface area contributed by atoms with Crippen LogP contribution in [-0.2, 0) is 9.84 Å². The van der Waals surface area contributed by atoms with Gasteiger partial charge < -0.3 is 10.6 Å². The molecule has 1 unspecified atom stereocenters. The van der Waals surface area contributed by atoms with Crippen LogP contribution in [0.4, 0.5) is 11.6 Å². The fourth-order valence-electron chi connectivity index (χ4n) is 4.05. The second kappa shape index (κ2) is 6.94. The van der Waals surface area contributed by atoms with Crippen molar-refractivity contribution >= 4 is 38.0 Å². The summed E-state index contributed by atoms with van der Waals surface area (Å²) < 4.78 is 25.7. The molecule has 154 valence electrons. The maximum Gasteiger partial charge on any atom is 0.167 e. The molecule has 0 radical (unpaired) electrons. The average molecular weight is 423 g/mol. The minimum absolute atomic E-state index is 0.389. The summed E-state index contributed by atoms with van der Waals surface area (Å²) in [4.78, 5) is 11.4. The standard InChI is InChI=1S/C21H22N6O2S/c1-30(28,29)16-6-4-8-26(13-16)20-10-19(22)27-21(25-20)17(12-24-27)15-9-14-5-2-3-7-18(14)23-11-15/h2-3,5,7,9-12,16H,4,6,8,13,22H2,1H3. The summed E-state index contributed by atoms with van der Waals surface area (Å²) in [5, 5.41) is 5.05. The van der Waals surface area contributed by atoms with E-state index in [1.165, 1.54) is 6.26 Å². The van der Waals surface area contributed by atoms with E-state index in [1.807, 2.05) is 35.4 Å². The van der Waals surface area contributed by atoms with Crippen molar-refractivity contribution in [2.24, 2.45) is 0 Å². The minimum Gasteiger partial charge on any atom is -0.383 e. The zero-order chi connectivity index (χ0) is 20.9. The van der Waals surface area contributed by atoms with Crippen LogP contribution >= 0.6 is 0 Å². The normalized spacial score (nSPS) is 17.6. The lowest BCUT2D eigenvalue weighted by molar-refractivity contribution is 0.534. The summed E-state index contributed by atoms with van der Waals surface area (Å²) in [6.45, 7) is 1.16. The average Bonchev–Trinajstić information content (AvgIpc) is 3.17. The number of sulfone groups is 1. The summed E-state index contributed by atoms with van der Waals surface area (Å²) in [5.74, 6) is 1.13. The van der Waals surface area contributed by atoms with Gasteiger partial charge in [0, 0.05) is 48.1 Å². The Hall–Kier alpha value is -3.20. The number of nitrogens with zero attached hydrogens (tertiary/aromatic N) is 5. The number of nitrogens with two attached hydrogens (primary N) is 1. The van der Waals surface area contributed by atoms with Gasteiger partial charge in [-0.2, -0.15) is 9.61 Å². The van der Waals surface area contributed by atoms with Crippen LogP contribution in [0.5, 0.6) is 0 Å². The third-order valence-corrected chi connectivity index (χ3v) is 7.29. The Morgan fingerprint density at radius 3 is 2.83 bits per heavy atom. The van der Waals surface area contributed by atoms with Gasteiger partial charge in [0.05, 0.1) is 17.0 Å². The Morgan fingerprint density at radius 2 is 2.00 bits per heavy atom. The molecule has 1 saturated heterocycles. The van der Waals surface area contributed by atoms with Crippen molar-refractivity contribution in [1.82, 2.24) is 19.6 Å².